The van der Waals surface area contributed by atoms with E-state index in [-0.39, 0.29) is 19.4 Å². The van der Waals surface area contributed by atoms with Crippen molar-refractivity contribution in [2.24, 2.45) is 34.5 Å². The van der Waals surface area contributed by atoms with Gasteiger partial charge in [-0.3, -0.25) is 19.2 Å². The summed E-state index contributed by atoms with van der Waals surface area (Å²) in [7, 11) is 2.97. The molecule has 1 spiro atoms. The van der Waals surface area contributed by atoms with Crippen LogP contribution >= 0.6 is 0 Å². The number of hydrogen-bond donors (Lipinski definition) is 1. The first-order chi connectivity index (χ1) is 18.4. The predicted octanol–water partition coefficient (Wildman–Crippen LogP) is 0.262. The summed E-state index contributed by atoms with van der Waals surface area (Å²) >= 11 is 0. The molecule has 8 rings (SSSR count). The summed E-state index contributed by atoms with van der Waals surface area (Å²) in [5.41, 5.74) is -5.10. The number of rotatable bonds is 6. The van der Waals surface area contributed by atoms with Crippen LogP contribution in [-0.2, 0) is 52.3 Å². The summed E-state index contributed by atoms with van der Waals surface area (Å²) in [5, 5.41) is 12.7. The average molecular weight is 551 g/mol. The fraction of sp³-hybridized carbons (Fsp3) is 0.852. The van der Waals surface area contributed by atoms with Gasteiger partial charge in [0, 0.05) is 58.7 Å². The quantitative estimate of drug-likeness (QED) is 0.357. The summed E-state index contributed by atoms with van der Waals surface area (Å²) in [6, 6.07) is 0. The van der Waals surface area contributed by atoms with Gasteiger partial charge in [0.2, 0.25) is 0 Å². The summed E-state index contributed by atoms with van der Waals surface area (Å²) < 4.78 is 42.5. The molecule has 3 heterocycles. The Labute approximate surface area is 224 Å². The lowest BCUT2D eigenvalue weighted by Crippen LogP contribution is -2.79. The van der Waals surface area contributed by atoms with Crippen molar-refractivity contribution < 1.29 is 57.4 Å². The Morgan fingerprint density at radius 3 is 2.31 bits per heavy atom. The molecule has 0 radical (unpaired) electrons. The van der Waals surface area contributed by atoms with E-state index in [0.717, 1.165) is 0 Å². The van der Waals surface area contributed by atoms with Crippen LogP contribution in [0.2, 0.25) is 0 Å². The van der Waals surface area contributed by atoms with Gasteiger partial charge in [0.1, 0.15) is 23.2 Å². The van der Waals surface area contributed by atoms with E-state index in [2.05, 4.69) is 0 Å². The topological polar surface area (TPSA) is 153 Å². The predicted molar refractivity (Wildman–Crippen MR) is 124 cm³/mol. The standard InChI is InChI=1S/C27H34O12/c1-11(28)35-21-17-14-8-25(21,37-12(2)29)16(34-5)9-26(17,38-13(3)30)20-18-19-23(10-33-4,22(31)36-18)15-6-7-24(14,19)27(20,32)39-15/h14-21,32H,6-10H2,1-5H3/t14-,15+,16-,17+,18+,19+,20-,21+,23+,24+,25-,26-,27-/m0/s1. The van der Waals surface area contributed by atoms with Crippen molar-refractivity contribution >= 4 is 23.9 Å². The van der Waals surface area contributed by atoms with E-state index >= 15 is 0 Å². The van der Waals surface area contributed by atoms with Crippen LogP contribution in [0.15, 0.2) is 0 Å². The van der Waals surface area contributed by atoms with Crippen LogP contribution in [0, 0.1) is 34.5 Å². The Bertz CT molecular complexity index is 1190. The lowest BCUT2D eigenvalue weighted by molar-refractivity contribution is -0.431. The van der Waals surface area contributed by atoms with Crippen LogP contribution in [0.1, 0.15) is 46.5 Å². The van der Waals surface area contributed by atoms with Crippen molar-refractivity contribution in [3.63, 3.8) is 0 Å². The molecule has 39 heavy (non-hydrogen) atoms. The first kappa shape index (κ1) is 25.7. The number of fused-ring (bicyclic) bond motifs is 4. The lowest BCUT2D eigenvalue weighted by Gasteiger charge is -2.69. The Balaban J connectivity index is 1.53. The molecule has 7 bridgehead atoms. The third-order valence-corrected chi connectivity index (χ3v) is 11.4. The van der Waals surface area contributed by atoms with Crippen LogP contribution in [-0.4, -0.2) is 91.2 Å². The highest BCUT2D eigenvalue weighted by molar-refractivity contribution is 5.83. The lowest BCUT2D eigenvalue weighted by atomic mass is 9.43. The second-order valence-electron chi connectivity index (χ2n) is 12.6. The van der Waals surface area contributed by atoms with E-state index < -0.39 is 99.8 Å². The zero-order chi connectivity index (χ0) is 27.9. The number of ether oxygens (including phenoxy) is 7. The van der Waals surface area contributed by atoms with Gasteiger partial charge >= 0.3 is 23.9 Å². The molecule has 5 saturated carbocycles. The number of carbonyl (C=O) groups is 4. The maximum atomic E-state index is 13.7. The maximum Gasteiger partial charge on any atom is 0.317 e. The highest BCUT2D eigenvalue weighted by Gasteiger charge is 2.97. The molecule has 0 aromatic carbocycles. The Kier molecular flexibility index (Phi) is 4.94. The van der Waals surface area contributed by atoms with Gasteiger partial charge in [-0.2, -0.15) is 0 Å². The van der Waals surface area contributed by atoms with Gasteiger partial charge < -0.3 is 38.3 Å². The second kappa shape index (κ2) is 7.51. The zero-order valence-electron chi connectivity index (χ0n) is 22.6. The van der Waals surface area contributed by atoms with Gasteiger partial charge in [-0.1, -0.05) is 0 Å². The minimum atomic E-state index is -1.81. The molecule has 214 valence electrons. The Morgan fingerprint density at radius 1 is 1.00 bits per heavy atom. The molecule has 3 saturated heterocycles. The molecule has 12 heteroatoms. The second-order valence-corrected chi connectivity index (χ2v) is 12.6. The molecule has 3 aliphatic heterocycles. The molecule has 0 unspecified atom stereocenters. The van der Waals surface area contributed by atoms with Crippen LogP contribution in [0.3, 0.4) is 0 Å². The average Bonchev–Trinajstić information content (AvgIpc) is 3.32. The molecule has 1 N–H and O–H groups in total. The highest BCUT2D eigenvalue weighted by atomic mass is 16.7. The minimum Gasteiger partial charge on any atom is -0.461 e. The van der Waals surface area contributed by atoms with E-state index in [0.29, 0.717) is 12.8 Å². The molecule has 12 nitrogen and oxygen atoms in total. The molecule has 13 atom stereocenters. The maximum absolute atomic E-state index is 13.7. The van der Waals surface area contributed by atoms with Gasteiger partial charge in [0.15, 0.2) is 17.5 Å². The summed E-state index contributed by atoms with van der Waals surface area (Å²) in [6.07, 6.45) is -2.21. The molecule has 8 fully saturated rings. The number of aliphatic hydroxyl groups is 1. The SMILES string of the molecule is COC[C@]12C(=O)O[C@@H]3[C@H]1[C@]14CC[C@H]2O[C@@]1(O)[C@@H]3[C@]1(OC(C)=O)C[C@H](OC)[C@@]2(OC(C)=O)C[C@H]4[C@@H]1[C@H]2OC(C)=O. The van der Waals surface area contributed by atoms with E-state index in [9.17, 15) is 24.3 Å². The van der Waals surface area contributed by atoms with Crippen molar-refractivity contribution in [1.29, 1.82) is 0 Å². The Hall–Kier alpha value is -2.28. The Morgan fingerprint density at radius 2 is 1.69 bits per heavy atom. The van der Waals surface area contributed by atoms with Crippen molar-refractivity contribution in [2.75, 3.05) is 20.8 Å². The molecule has 0 aromatic heterocycles. The zero-order valence-corrected chi connectivity index (χ0v) is 22.6. The van der Waals surface area contributed by atoms with E-state index in [4.69, 9.17) is 33.2 Å². The van der Waals surface area contributed by atoms with Crippen LogP contribution in [0.25, 0.3) is 0 Å². The van der Waals surface area contributed by atoms with Gasteiger partial charge in [-0.05, 0) is 25.2 Å². The summed E-state index contributed by atoms with van der Waals surface area (Å²) in [5.74, 6) is -6.75. The molecule has 0 amide bonds. The number of carbonyl (C=O) groups excluding carboxylic acids is 4. The van der Waals surface area contributed by atoms with Crippen molar-refractivity contribution in [3.8, 4) is 0 Å². The third-order valence-electron chi connectivity index (χ3n) is 11.4. The first-order valence-corrected chi connectivity index (χ1v) is 13.6. The molecule has 0 aromatic rings. The fourth-order valence-corrected chi connectivity index (χ4v) is 11.1. The number of hydrogen-bond acceptors (Lipinski definition) is 12. The fourth-order valence-electron chi connectivity index (χ4n) is 11.1. The monoisotopic (exact) mass is 550 g/mol. The van der Waals surface area contributed by atoms with E-state index in [1.807, 2.05) is 0 Å². The van der Waals surface area contributed by atoms with Gasteiger partial charge in [0.05, 0.1) is 18.6 Å². The number of esters is 4. The smallest absolute Gasteiger partial charge is 0.317 e. The normalized spacial score (nSPS) is 54.8. The van der Waals surface area contributed by atoms with E-state index in [1.54, 1.807) is 0 Å². The van der Waals surface area contributed by atoms with Gasteiger partial charge in [0.25, 0.3) is 0 Å². The van der Waals surface area contributed by atoms with Gasteiger partial charge in [-0.15, -0.1) is 0 Å². The van der Waals surface area contributed by atoms with Crippen molar-refractivity contribution in [1.82, 2.24) is 0 Å². The minimum absolute atomic E-state index is 0.0183. The number of methoxy groups -OCH3 is 2. The molecule has 5 aliphatic carbocycles. The van der Waals surface area contributed by atoms with Crippen LogP contribution in [0.5, 0.6) is 0 Å². The largest absolute Gasteiger partial charge is 0.461 e. The molecular weight excluding hydrogens is 516 g/mol. The van der Waals surface area contributed by atoms with Crippen molar-refractivity contribution in [2.45, 2.75) is 87.9 Å². The summed E-state index contributed by atoms with van der Waals surface area (Å²) in [4.78, 5) is 51.6. The van der Waals surface area contributed by atoms with Crippen LogP contribution in [0.4, 0.5) is 0 Å². The van der Waals surface area contributed by atoms with Gasteiger partial charge in [-0.25, -0.2) is 0 Å². The summed E-state index contributed by atoms with van der Waals surface area (Å²) in [6.45, 7) is 3.87. The van der Waals surface area contributed by atoms with Crippen LogP contribution < -0.4 is 0 Å². The molecule has 8 aliphatic rings. The van der Waals surface area contributed by atoms with E-state index in [1.165, 1.54) is 35.0 Å². The van der Waals surface area contributed by atoms with Crippen molar-refractivity contribution in [3.05, 3.63) is 0 Å². The highest BCUT2D eigenvalue weighted by Crippen LogP contribution is 2.85. The first-order valence-electron chi connectivity index (χ1n) is 13.6. The molecular formula is C27H34O12. The third kappa shape index (κ3) is 2.49.